The maximum atomic E-state index is 12.6. The van der Waals surface area contributed by atoms with Crippen molar-refractivity contribution >= 4 is 28.3 Å². The molecule has 30 heavy (non-hydrogen) atoms. The number of nitrogens with zero attached hydrogens (tertiary/aromatic N) is 5. The Balaban J connectivity index is 0.00000106. The molecular formula is C21H27N7O2. The van der Waals surface area contributed by atoms with E-state index in [0.717, 1.165) is 29.8 Å². The molecule has 3 aromatic rings. The molecule has 1 aliphatic carbocycles. The number of nitrogens with one attached hydrogen (secondary N) is 1. The molecule has 2 fully saturated rings. The number of nitrogens with two attached hydrogens (primary N) is 1. The summed E-state index contributed by atoms with van der Waals surface area (Å²) in [6.45, 7) is 5.82. The van der Waals surface area contributed by atoms with E-state index < -0.39 is 0 Å². The highest BCUT2D eigenvalue weighted by molar-refractivity contribution is 6.04. The Bertz CT molecular complexity index is 1050. The largest absolute Gasteiger partial charge is 0.494 e. The molecule has 158 valence electrons. The van der Waals surface area contributed by atoms with Gasteiger partial charge in [-0.15, -0.1) is 0 Å². The van der Waals surface area contributed by atoms with Gasteiger partial charge in [-0.1, -0.05) is 13.8 Å². The third-order valence-corrected chi connectivity index (χ3v) is 5.64. The van der Waals surface area contributed by atoms with E-state index in [1.54, 1.807) is 24.1 Å². The fourth-order valence-electron chi connectivity index (χ4n) is 3.99. The molecule has 5 rings (SSSR count). The van der Waals surface area contributed by atoms with E-state index in [4.69, 9.17) is 10.5 Å². The van der Waals surface area contributed by atoms with Crippen molar-refractivity contribution in [3.05, 3.63) is 36.4 Å². The predicted octanol–water partition coefficient (Wildman–Crippen LogP) is 2.04. The Morgan fingerprint density at radius 3 is 2.57 bits per heavy atom. The second-order valence-electron chi connectivity index (χ2n) is 7.44. The minimum atomic E-state index is -0.341. The van der Waals surface area contributed by atoms with Crippen LogP contribution in [0.1, 0.15) is 24.3 Å². The maximum Gasteiger partial charge on any atom is 0.275 e. The van der Waals surface area contributed by atoms with Gasteiger partial charge in [-0.2, -0.15) is 5.10 Å². The predicted molar refractivity (Wildman–Crippen MR) is 116 cm³/mol. The van der Waals surface area contributed by atoms with Gasteiger partial charge in [0.05, 0.1) is 30.7 Å². The van der Waals surface area contributed by atoms with Gasteiger partial charge in [0.15, 0.2) is 0 Å². The van der Waals surface area contributed by atoms with Gasteiger partial charge < -0.3 is 20.7 Å². The average molecular weight is 409 g/mol. The number of aromatic nitrogens is 4. The number of ether oxygens (including phenoxy) is 1. The lowest BCUT2D eigenvalue weighted by molar-refractivity contribution is 0.102. The van der Waals surface area contributed by atoms with Crippen LogP contribution in [0.2, 0.25) is 0 Å². The Morgan fingerprint density at radius 2 is 1.93 bits per heavy atom. The number of carbonyl (C=O) groups is 1. The van der Waals surface area contributed by atoms with Crippen LogP contribution in [-0.2, 0) is 7.05 Å². The zero-order valence-corrected chi connectivity index (χ0v) is 17.7. The summed E-state index contributed by atoms with van der Waals surface area (Å²) in [7, 11) is 3.40. The maximum absolute atomic E-state index is 12.6. The van der Waals surface area contributed by atoms with Crippen LogP contribution in [0.5, 0.6) is 5.75 Å². The quantitative estimate of drug-likeness (QED) is 0.678. The van der Waals surface area contributed by atoms with Gasteiger partial charge in [-0.25, -0.2) is 9.97 Å². The summed E-state index contributed by atoms with van der Waals surface area (Å²) in [5, 5.41) is 8.11. The summed E-state index contributed by atoms with van der Waals surface area (Å²) < 4.78 is 7.11. The summed E-state index contributed by atoms with van der Waals surface area (Å²) in [4.78, 5) is 23.5. The SMILES string of the molecule is CC.COc1cc2nn(C)cc2cc1NC(=O)c1cnc(N2CC3C(N)C3C2)cn1. The molecule has 2 aliphatic rings. The molecule has 9 heteroatoms. The summed E-state index contributed by atoms with van der Waals surface area (Å²) in [6, 6.07) is 3.96. The van der Waals surface area contributed by atoms with E-state index in [1.807, 2.05) is 33.2 Å². The molecule has 1 aliphatic heterocycles. The van der Waals surface area contributed by atoms with Crippen LogP contribution in [0, 0.1) is 11.8 Å². The van der Waals surface area contributed by atoms with E-state index in [1.165, 1.54) is 6.20 Å². The third kappa shape index (κ3) is 3.56. The van der Waals surface area contributed by atoms with Crippen molar-refractivity contribution in [1.29, 1.82) is 0 Å². The van der Waals surface area contributed by atoms with E-state index >= 15 is 0 Å². The van der Waals surface area contributed by atoms with Crippen molar-refractivity contribution in [2.45, 2.75) is 19.9 Å². The molecule has 0 spiro atoms. The first kappa shape index (κ1) is 20.1. The van der Waals surface area contributed by atoms with Crippen molar-refractivity contribution < 1.29 is 9.53 Å². The Kier molecular flexibility index (Phi) is 5.29. The Morgan fingerprint density at radius 1 is 1.20 bits per heavy atom. The van der Waals surface area contributed by atoms with Gasteiger partial charge in [-0.3, -0.25) is 9.48 Å². The normalized spacial score (nSPS) is 21.6. The Labute approximate surface area is 175 Å². The van der Waals surface area contributed by atoms with E-state index in [0.29, 0.717) is 29.3 Å². The zero-order valence-electron chi connectivity index (χ0n) is 17.7. The lowest BCUT2D eigenvalue weighted by Gasteiger charge is -2.19. The fraction of sp³-hybridized carbons (Fsp3) is 0.429. The number of hydrogen-bond donors (Lipinski definition) is 2. The van der Waals surface area contributed by atoms with E-state index in [9.17, 15) is 4.79 Å². The molecule has 1 saturated heterocycles. The first-order chi connectivity index (χ1) is 14.5. The fourth-order valence-corrected chi connectivity index (χ4v) is 3.99. The molecule has 3 heterocycles. The number of methoxy groups -OCH3 is 1. The molecule has 2 aromatic heterocycles. The lowest BCUT2D eigenvalue weighted by atomic mass is 10.2. The van der Waals surface area contributed by atoms with Crippen LogP contribution in [0.3, 0.4) is 0 Å². The number of rotatable bonds is 4. The van der Waals surface area contributed by atoms with Crippen LogP contribution >= 0.6 is 0 Å². The number of anilines is 2. The second-order valence-corrected chi connectivity index (χ2v) is 7.44. The van der Waals surface area contributed by atoms with E-state index in [2.05, 4.69) is 25.3 Å². The molecule has 2 atom stereocenters. The topological polar surface area (TPSA) is 111 Å². The number of piperidine rings is 1. The summed E-state index contributed by atoms with van der Waals surface area (Å²) >= 11 is 0. The van der Waals surface area contributed by atoms with Crippen molar-refractivity contribution in [3.63, 3.8) is 0 Å². The second kappa shape index (κ2) is 7.91. The van der Waals surface area contributed by atoms with Crippen LogP contribution < -0.4 is 20.7 Å². The highest BCUT2D eigenvalue weighted by Gasteiger charge is 2.53. The molecule has 3 N–H and O–H groups in total. The first-order valence-corrected chi connectivity index (χ1v) is 10.2. The highest BCUT2D eigenvalue weighted by Crippen LogP contribution is 2.44. The van der Waals surface area contributed by atoms with Crippen LogP contribution in [0.4, 0.5) is 11.5 Å². The van der Waals surface area contributed by atoms with Gasteiger partial charge >= 0.3 is 0 Å². The molecular weight excluding hydrogens is 382 g/mol. The van der Waals surface area contributed by atoms with Crippen molar-refractivity contribution in [2.75, 3.05) is 30.4 Å². The molecule has 1 aromatic carbocycles. The van der Waals surface area contributed by atoms with Gasteiger partial charge in [0.1, 0.15) is 17.3 Å². The minimum absolute atomic E-state index is 0.248. The summed E-state index contributed by atoms with van der Waals surface area (Å²) in [6.07, 6.45) is 5.03. The minimum Gasteiger partial charge on any atom is -0.494 e. The lowest BCUT2D eigenvalue weighted by Crippen LogP contribution is -2.29. The first-order valence-electron chi connectivity index (χ1n) is 10.2. The van der Waals surface area contributed by atoms with Gasteiger partial charge in [-0.05, 0) is 17.9 Å². The number of amides is 1. The number of hydrogen-bond acceptors (Lipinski definition) is 7. The zero-order chi connectivity index (χ0) is 21.4. The van der Waals surface area contributed by atoms with Gasteiger partial charge in [0, 0.05) is 43.8 Å². The molecule has 1 saturated carbocycles. The molecule has 9 nitrogen and oxygen atoms in total. The third-order valence-electron chi connectivity index (χ3n) is 5.64. The smallest absolute Gasteiger partial charge is 0.275 e. The summed E-state index contributed by atoms with van der Waals surface area (Å²) in [5.74, 6) is 2.12. The van der Waals surface area contributed by atoms with Crippen molar-refractivity contribution in [1.82, 2.24) is 19.7 Å². The Hall–Kier alpha value is -3.20. The number of aryl methyl sites for hydroxylation is 1. The monoisotopic (exact) mass is 409 g/mol. The van der Waals surface area contributed by atoms with Crippen molar-refractivity contribution in [3.8, 4) is 5.75 Å². The van der Waals surface area contributed by atoms with Crippen LogP contribution in [0.25, 0.3) is 10.9 Å². The standard InChI is InChI=1S/C19H21N7O2.C2H6/c1-25-7-10-3-14(16(28-2)4-13(10)24-25)23-19(27)15-5-22-17(6-21-15)26-8-11-12(9-26)18(11)20;1-2/h3-7,11-12,18H,8-9,20H2,1-2H3,(H,23,27);1-2H3. The van der Waals surface area contributed by atoms with Crippen molar-refractivity contribution in [2.24, 2.45) is 24.6 Å². The number of benzene rings is 1. The van der Waals surface area contributed by atoms with Crippen LogP contribution in [0.15, 0.2) is 30.7 Å². The molecule has 0 bridgehead atoms. The molecule has 1 amide bonds. The molecule has 0 radical (unpaired) electrons. The average Bonchev–Trinajstić information content (AvgIpc) is 3.11. The number of carbonyl (C=O) groups excluding carboxylic acids is 1. The number of fused-ring (bicyclic) bond motifs is 2. The van der Waals surface area contributed by atoms with Gasteiger partial charge in [0.2, 0.25) is 0 Å². The highest BCUT2D eigenvalue weighted by atomic mass is 16.5. The van der Waals surface area contributed by atoms with Crippen LogP contribution in [-0.4, -0.2) is 51.9 Å². The molecule has 2 unspecified atom stereocenters. The van der Waals surface area contributed by atoms with E-state index in [-0.39, 0.29) is 11.6 Å². The van der Waals surface area contributed by atoms with Gasteiger partial charge in [0.25, 0.3) is 5.91 Å². The summed E-state index contributed by atoms with van der Waals surface area (Å²) in [5.41, 5.74) is 7.58.